The van der Waals surface area contributed by atoms with Gasteiger partial charge in [0.05, 0.1) is 0 Å². The van der Waals surface area contributed by atoms with Crippen LogP contribution >= 0.6 is 0 Å². The van der Waals surface area contributed by atoms with Crippen molar-refractivity contribution in [2.75, 3.05) is 38.0 Å². The zero-order chi connectivity index (χ0) is 22.5. The van der Waals surface area contributed by atoms with E-state index in [2.05, 4.69) is 44.4 Å². The number of nitrogens with one attached hydrogen (secondary N) is 4. The number of amides is 2. The van der Waals surface area contributed by atoms with E-state index in [0.29, 0.717) is 24.4 Å². The fourth-order valence-corrected chi connectivity index (χ4v) is 5.12. The Bertz CT molecular complexity index is 773. The molecule has 2 amide bonds. The minimum Gasteiger partial charge on any atom is -0.348 e. The van der Waals surface area contributed by atoms with Crippen molar-refractivity contribution in [1.82, 2.24) is 5.32 Å². The molecule has 0 unspecified atom stereocenters. The molecule has 1 aliphatic carbocycles. The molecule has 1 saturated carbocycles. The van der Waals surface area contributed by atoms with Crippen LogP contribution in [0.5, 0.6) is 0 Å². The lowest BCUT2D eigenvalue weighted by molar-refractivity contribution is -1.01. The Morgan fingerprint density at radius 3 is 2.52 bits per heavy atom. The second kappa shape index (κ2) is 10.6. The van der Waals surface area contributed by atoms with Crippen LogP contribution in [0.4, 0.5) is 5.69 Å². The predicted octanol–water partition coefficient (Wildman–Crippen LogP) is 0.355. The Balaban J connectivity index is 1.43. The van der Waals surface area contributed by atoms with Crippen LogP contribution in [0.2, 0.25) is 0 Å². The number of piperazine rings is 1. The van der Waals surface area contributed by atoms with Crippen molar-refractivity contribution < 1.29 is 19.4 Å². The number of hydrogen-bond donors (Lipinski definition) is 4. The average Bonchev–Trinajstić information content (AvgIpc) is 2.74. The molecule has 0 radical (unpaired) electrons. The van der Waals surface area contributed by atoms with Crippen molar-refractivity contribution in [2.24, 2.45) is 11.8 Å². The summed E-state index contributed by atoms with van der Waals surface area (Å²) in [5.41, 5.74) is 3.22. The largest absolute Gasteiger partial charge is 0.348 e. The second-order valence-electron chi connectivity index (χ2n) is 9.98. The van der Waals surface area contributed by atoms with Gasteiger partial charge in [-0.1, -0.05) is 38.8 Å². The molecule has 0 spiro atoms. The predicted molar refractivity (Wildman–Crippen MR) is 124 cm³/mol. The summed E-state index contributed by atoms with van der Waals surface area (Å²) >= 11 is 0. The average molecular weight is 431 g/mol. The lowest BCUT2D eigenvalue weighted by Crippen LogP contribution is -3.30. The van der Waals surface area contributed by atoms with E-state index in [1.807, 2.05) is 19.1 Å². The minimum absolute atomic E-state index is 0.0326. The van der Waals surface area contributed by atoms with Gasteiger partial charge in [-0.2, -0.15) is 0 Å². The first kappa shape index (κ1) is 23.7. The topological polar surface area (TPSA) is 67.1 Å². The molecule has 4 atom stereocenters. The SMILES string of the molecule is Cc1cccc(NC(=O)C[NH+]2CC[NH+]([C@@H](C)C(=O)N[C@@H]3CCC[C@H](C)[C@@H]3C)CC2)c1C. The van der Waals surface area contributed by atoms with Gasteiger partial charge < -0.3 is 20.4 Å². The van der Waals surface area contributed by atoms with Crippen LogP contribution in [-0.2, 0) is 9.59 Å². The van der Waals surface area contributed by atoms with Crippen LogP contribution in [0.3, 0.4) is 0 Å². The maximum Gasteiger partial charge on any atom is 0.279 e. The van der Waals surface area contributed by atoms with Crippen molar-refractivity contribution >= 4 is 17.5 Å². The van der Waals surface area contributed by atoms with Crippen LogP contribution in [0, 0.1) is 25.7 Å². The zero-order valence-electron chi connectivity index (χ0n) is 20.0. The summed E-state index contributed by atoms with van der Waals surface area (Å²) in [4.78, 5) is 28.1. The highest BCUT2D eigenvalue weighted by atomic mass is 16.2. The summed E-state index contributed by atoms with van der Waals surface area (Å²) in [7, 11) is 0. The van der Waals surface area contributed by atoms with Gasteiger partial charge >= 0.3 is 0 Å². The smallest absolute Gasteiger partial charge is 0.279 e. The molecule has 2 fully saturated rings. The highest BCUT2D eigenvalue weighted by molar-refractivity contribution is 5.92. The minimum atomic E-state index is -0.0326. The molecule has 1 aromatic rings. The number of rotatable bonds is 6. The van der Waals surface area contributed by atoms with Crippen molar-refractivity contribution in [3.8, 4) is 0 Å². The summed E-state index contributed by atoms with van der Waals surface area (Å²) in [6, 6.07) is 6.29. The molecule has 2 aliphatic rings. The van der Waals surface area contributed by atoms with Crippen molar-refractivity contribution in [3.05, 3.63) is 29.3 Å². The van der Waals surface area contributed by atoms with Gasteiger partial charge in [-0.15, -0.1) is 0 Å². The zero-order valence-corrected chi connectivity index (χ0v) is 20.0. The molecule has 1 heterocycles. The van der Waals surface area contributed by atoms with Gasteiger partial charge in [0.25, 0.3) is 11.8 Å². The van der Waals surface area contributed by atoms with Gasteiger partial charge in [0, 0.05) is 11.7 Å². The first-order valence-electron chi connectivity index (χ1n) is 12.1. The number of hydrogen-bond acceptors (Lipinski definition) is 2. The third-order valence-corrected chi connectivity index (χ3v) is 7.93. The molecule has 3 rings (SSSR count). The summed E-state index contributed by atoms with van der Waals surface area (Å²) in [5.74, 6) is 1.50. The van der Waals surface area contributed by atoms with Gasteiger partial charge in [-0.3, -0.25) is 9.59 Å². The van der Waals surface area contributed by atoms with E-state index >= 15 is 0 Å². The molecular formula is C25H42N4O2+2. The Morgan fingerprint density at radius 2 is 1.81 bits per heavy atom. The van der Waals surface area contributed by atoms with Crippen LogP contribution in [0.1, 0.15) is 51.2 Å². The Morgan fingerprint density at radius 1 is 1.10 bits per heavy atom. The molecule has 1 aliphatic heterocycles. The number of carbonyl (C=O) groups excluding carboxylic acids is 2. The van der Waals surface area contributed by atoms with Crippen LogP contribution < -0.4 is 20.4 Å². The molecule has 0 aromatic heterocycles. The van der Waals surface area contributed by atoms with Gasteiger partial charge in [0.2, 0.25) is 0 Å². The highest BCUT2D eigenvalue weighted by Gasteiger charge is 2.34. The molecule has 4 N–H and O–H groups in total. The van der Waals surface area contributed by atoms with Gasteiger partial charge in [-0.05, 0) is 56.2 Å². The van der Waals surface area contributed by atoms with Crippen LogP contribution in [-0.4, -0.2) is 56.6 Å². The lowest BCUT2D eigenvalue weighted by Gasteiger charge is -2.36. The molecule has 6 nitrogen and oxygen atoms in total. The molecule has 31 heavy (non-hydrogen) atoms. The number of anilines is 1. The van der Waals surface area contributed by atoms with Crippen LogP contribution in [0.25, 0.3) is 0 Å². The summed E-state index contributed by atoms with van der Waals surface area (Å²) < 4.78 is 0. The number of aryl methyl sites for hydroxylation is 1. The van der Waals surface area contributed by atoms with Crippen LogP contribution in [0.15, 0.2) is 18.2 Å². The first-order chi connectivity index (χ1) is 14.8. The molecule has 1 aromatic carbocycles. The second-order valence-corrected chi connectivity index (χ2v) is 9.98. The number of quaternary nitrogens is 2. The maximum atomic E-state index is 12.9. The third-order valence-electron chi connectivity index (χ3n) is 7.93. The van der Waals surface area contributed by atoms with E-state index in [9.17, 15) is 9.59 Å². The fraction of sp³-hybridized carbons (Fsp3) is 0.680. The van der Waals surface area contributed by atoms with Gasteiger partial charge in [0.1, 0.15) is 26.2 Å². The number of benzene rings is 1. The summed E-state index contributed by atoms with van der Waals surface area (Å²) in [6.07, 6.45) is 3.59. The van der Waals surface area contributed by atoms with E-state index < -0.39 is 0 Å². The van der Waals surface area contributed by atoms with E-state index in [1.165, 1.54) is 28.2 Å². The van der Waals surface area contributed by atoms with Crippen molar-refractivity contribution in [3.63, 3.8) is 0 Å². The fourth-order valence-electron chi connectivity index (χ4n) is 5.12. The van der Waals surface area contributed by atoms with E-state index in [1.54, 1.807) is 0 Å². The first-order valence-corrected chi connectivity index (χ1v) is 12.1. The Hall–Kier alpha value is -1.92. The van der Waals surface area contributed by atoms with E-state index in [4.69, 9.17) is 0 Å². The van der Waals surface area contributed by atoms with Crippen molar-refractivity contribution in [2.45, 2.75) is 66.0 Å². The maximum absolute atomic E-state index is 12.9. The van der Waals surface area contributed by atoms with Crippen molar-refractivity contribution in [1.29, 1.82) is 0 Å². The summed E-state index contributed by atoms with van der Waals surface area (Å²) in [5, 5.41) is 6.42. The molecule has 6 heteroatoms. The lowest BCUT2D eigenvalue weighted by atomic mass is 9.78. The molecule has 0 bridgehead atoms. The Labute approximate surface area is 187 Å². The number of carbonyl (C=O) groups is 2. The standard InChI is InChI=1S/C25H40N4O2/c1-17-8-6-10-22(19(17)3)26-24(30)16-28-12-14-29(15-13-28)21(5)25(31)27-23-11-7-9-18(2)20(23)4/h6,8,10,18,20-21,23H,7,9,11-16H2,1-5H3,(H,26,30)(H,27,31)/p+2/t18-,20-,21-,23+/m0/s1. The van der Waals surface area contributed by atoms with E-state index in [-0.39, 0.29) is 17.9 Å². The molecular weight excluding hydrogens is 388 g/mol. The quantitative estimate of drug-likeness (QED) is 0.526. The molecule has 172 valence electrons. The van der Waals surface area contributed by atoms with Gasteiger partial charge in [0.15, 0.2) is 12.6 Å². The van der Waals surface area contributed by atoms with Gasteiger partial charge in [-0.25, -0.2) is 0 Å². The monoisotopic (exact) mass is 430 g/mol. The third kappa shape index (κ3) is 6.07. The van der Waals surface area contributed by atoms with E-state index in [0.717, 1.165) is 43.9 Å². The summed E-state index contributed by atoms with van der Waals surface area (Å²) in [6.45, 7) is 14.9. The highest BCUT2D eigenvalue weighted by Crippen LogP contribution is 2.29. The normalized spacial score (nSPS) is 29.8. The molecule has 1 saturated heterocycles. The Kier molecular flexibility index (Phi) is 8.11.